The van der Waals surface area contributed by atoms with E-state index in [9.17, 15) is 0 Å². The van der Waals surface area contributed by atoms with E-state index in [1.165, 1.54) is 60.5 Å². The second kappa shape index (κ2) is 10.8. The van der Waals surface area contributed by atoms with Crippen molar-refractivity contribution in [1.29, 1.82) is 0 Å². The van der Waals surface area contributed by atoms with Crippen molar-refractivity contribution in [3.8, 4) is 50.7 Å². The molecule has 0 bridgehead atoms. The van der Waals surface area contributed by atoms with E-state index < -0.39 is 0 Å². The van der Waals surface area contributed by atoms with Gasteiger partial charge in [0.25, 0.3) is 0 Å². The van der Waals surface area contributed by atoms with E-state index in [0.29, 0.717) is 0 Å². The lowest BCUT2D eigenvalue weighted by molar-refractivity contribution is 0.661. The van der Waals surface area contributed by atoms with E-state index in [1.807, 2.05) is 24.3 Å². The monoisotopic (exact) mass is 639 g/mol. The SMILES string of the molecule is CC1(C)c2cc(-c3cc(-c4ccccc4)nc(-c4ccccc4)n3)ccc2-c2c1cc1ccccc1c2-n1c2ccccc2c2ccccc21. The van der Waals surface area contributed by atoms with Gasteiger partial charge >= 0.3 is 0 Å². The fraction of sp³-hybridized carbons (Fsp3) is 0.0638. The highest BCUT2D eigenvalue weighted by atomic mass is 15.0. The number of hydrogen-bond acceptors (Lipinski definition) is 2. The maximum atomic E-state index is 5.18. The summed E-state index contributed by atoms with van der Waals surface area (Å²) in [4.78, 5) is 10.2. The largest absolute Gasteiger partial charge is 0.308 e. The molecule has 1 aliphatic rings. The summed E-state index contributed by atoms with van der Waals surface area (Å²) in [5, 5.41) is 5.04. The molecule has 3 nitrogen and oxygen atoms in total. The van der Waals surface area contributed by atoms with E-state index in [0.717, 1.165) is 33.9 Å². The maximum Gasteiger partial charge on any atom is 0.160 e. The van der Waals surface area contributed by atoms with Crippen LogP contribution in [0, 0.1) is 0 Å². The van der Waals surface area contributed by atoms with Crippen LogP contribution < -0.4 is 0 Å². The van der Waals surface area contributed by atoms with Crippen molar-refractivity contribution in [2.45, 2.75) is 19.3 Å². The van der Waals surface area contributed by atoms with Crippen molar-refractivity contribution < 1.29 is 0 Å². The highest BCUT2D eigenvalue weighted by Crippen LogP contribution is 2.54. The predicted octanol–water partition coefficient (Wildman–Crippen LogP) is 12.0. The number of rotatable bonds is 4. The van der Waals surface area contributed by atoms with Crippen LogP contribution in [0.3, 0.4) is 0 Å². The van der Waals surface area contributed by atoms with E-state index in [2.05, 4.69) is 158 Å². The van der Waals surface area contributed by atoms with Gasteiger partial charge in [-0.1, -0.05) is 147 Å². The molecule has 0 N–H and O–H groups in total. The molecule has 10 rings (SSSR count). The van der Waals surface area contributed by atoms with Gasteiger partial charge in [0.2, 0.25) is 0 Å². The van der Waals surface area contributed by atoms with Gasteiger partial charge in [-0.3, -0.25) is 0 Å². The van der Waals surface area contributed by atoms with Crippen LogP contribution in [-0.2, 0) is 5.41 Å². The summed E-state index contributed by atoms with van der Waals surface area (Å²) >= 11 is 0. The van der Waals surface area contributed by atoms with Crippen LogP contribution in [0.2, 0.25) is 0 Å². The Hall–Kier alpha value is -6.32. The van der Waals surface area contributed by atoms with Crippen molar-refractivity contribution in [2.24, 2.45) is 0 Å². The molecule has 0 amide bonds. The Balaban J connectivity index is 1.24. The number of fused-ring (bicyclic) bond motifs is 7. The van der Waals surface area contributed by atoms with Crippen molar-refractivity contribution in [1.82, 2.24) is 14.5 Å². The van der Waals surface area contributed by atoms with Crippen LogP contribution >= 0.6 is 0 Å². The summed E-state index contributed by atoms with van der Waals surface area (Å²) in [5.41, 5.74) is 13.7. The molecule has 0 fully saturated rings. The standard InChI is InChI=1S/C47H33N3/c1-47(2)38-28-33(41-29-40(30-15-5-3-6-16-30)48-46(49-41)31-17-7-4-8-18-31)25-26-37(38)44-39(47)27-32-19-9-10-20-34(32)45(44)50-42-23-13-11-21-35(42)36-22-12-14-24-43(36)50/h3-29H,1-2H3. The molecule has 2 aromatic heterocycles. The first-order valence-corrected chi connectivity index (χ1v) is 17.3. The Morgan fingerprint density at radius 1 is 0.460 bits per heavy atom. The molecule has 0 unspecified atom stereocenters. The van der Waals surface area contributed by atoms with Crippen LogP contribution in [0.25, 0.3) is 83.3 Å². The van der Waals surface area contributed by atoms with E-state index >= 15 is 0 Å². The molecular weight excluding hydrogens is 607 g/mol. The summed E-state index contributed by atoms with van der Waals surface area (Å²) in [6.45, 7) is 4.74. The molecule has 0 atom stereocenters. The van der Waals surface area contributed by atoms with Gasteiger partial charge < -0.3 is 4.57 Å². The summed E-state index contributed by atoms with van der Waals surface area (Å²) < 4.78 is 2.51. The fourth-order valence-electron chi connectivity index (χ4n) is 8.14. The third-order valence-electron chi connectivity index (χ3n) is 10.6. The molecule has 0 saturated heterocycles. The molecule has 0 aliphatic heterocycles. The molecule has 0 radical (unpaired) electrons. The normalized spacial score (nSPS) is 13.2. The zero-order chi connectivity index (χ0) is 33.4. The number of aromatic nitrogens is 3. The van der Waals surface area contributed by atoms with Gasteiger partial charge in [0, 0.05) is 43.8 Å². The lowest BCUT2D eigenvalue weighted by Gasteiger charge is -2.23. The van der Waals surface area contributed by atoms with Crippen molar-refractivity contribution in [2.75, 3.05) is 0 Å². The molecule has 9 aromatic rings. The fourth-order valence-corrected chi connectivity index (χ4v) is 8.14. The number of para-hydroxylation sites is 2. The summed E-state index contributed by atoms with van der Waals surface area (Å²) in [5.74, 6) is 0.727. The minimum absolute atomic E-state index is 0.240. The Bertz CT molecular complexity index is 2660. The van der Waals surface area contributed by atoms with E-state index in [4.69, 9.17) is 9.97 Å². The second-order valence-electron chi connectivity index (χ2n) is 13.8. The lowest BCUT2D eigenvalue weighted by atomic mass is 9.81. The first-order valence-electron chi connectivity index (χ1n) is 17.3. The van der Waals surface area contributed by atoms with Crippen molar-refractivity contribution in [3.05, 3.63) is 175 Å². The quantitative estimate of drug-likeness (QED) is 0.192. The molecule has 1 aliphatic carbocycles. The van der Waals surface area contributed by atoms with Gasteiger partial charge in [0.15, 0.2) is 5.82 Å². The maximum absolute atomic E-state index is 5.18. The summed E-state index contributed by atoms with van der Waals surface area (Å²) in [6.07, 6.45) is 0. The number of nitrogens with zero attached hydrogens (tertiary/aromatic N) is 3. The third kappa shape index (κ3) is 4.23. The van der Waals surface area contributed by atoms with Gasteiger partial charge in [-0.15, -0.1) is 0 Å². The first-order chi connectivity index (χ1) is 24.6. The zero-order valence-corrected chi connectivity index (χ0v) is 27.9. The highest BCUT2D eigenvalue weighted by molar-refractivity contribution is 6.13. The molecule has 0 spiro atoms. The molecule has 7 aromatic carbocycles. The van der Waals surface area contributed by atoms with E-state index in [-0.39, 0.29) is 5.41 Å². The Kier molecular flexibility index (Phi) is 6.22. The first kappa shape index (κ1) is 28.7. The molecule has 2 heterocycles. The van der Waals surface area contributed by atoms with Crippen molar-refractivity contribution in [3.63, 3.8) is 0 Å². The van der Waals surface area contributed by atoms with Gasteiger partial charge in [0.1, 0.15) is 0 Å². The van der Waals surface area contributed by atoms with Gasteiger partial charge in [-0.05, 0) is 52.4 Å². The smallest absolute Gasteiger partial charge is 0.160 e. The zero-order valence-electron chi connectivity index (χ0n) is 27.9. The lowest BCUT2D eigenvalue weighted by Crippen LogP contribution is -2.15. The molecular formula is C47H33N3. The number of hydrogen-bond donors (Lipinski definition) is 0. The van der Waals surface area contributed by atoms with Gasteiger partial charge in [0.05, 0.1) is 28.1 Å². The average Bonchev–Trinajstić information content (AvgIpc) is 3.62. The second-order valence-corrected chi connectivity index (χ2v) is 13.8. The average molecular weight is 640 g/mol. The predicted molar refractivity (Wildman–Crippen MR) is 208 cm³/mol. The van der Waals surface area contributed by atoms with Crippen molar-refractivity contribution >= 4 is 32.6 Å². The van der Waals surface area contributed by atoms with E-state index in [1.54, 1.807) is 0 Å². The highest BCUT2D eigenvalue weighted by Gasteiger charge is 2.39. The van der Waals surface area contributed by atoms with Gasteiger partial charge in [-0.2, -0.15) is 0 Å². The van der Waals surface area contributed by atoms with Crippen LogP contribution in [0.5, 0.6) is 0 Å². The third-order valence-corrected chi connectivity index (χ3v) is 10.6. The number of benzene rings is 7. The van der Waals surface area contributed by atoms with Crippen LogP contribution in [0.4, 0.5) is 0 Å². The molecule has 3 heteroatoms. The Labute approximate surface area is 291 Å². The molecule has 0 saturated carbocycles. The minimum Gasteiger partial charge on any atom is -0.308 e. The summed E-state index contributed by atoms with van der Waals surface area (Å²) in [7, 11) is 0. The molecule has 50 heavy (non-hydrogen) atoms. The molecule has 236 valence electrons. The summed E-state index contributed by atoms with van der Waals surface area (Å²) in [6, 6.07) is 58.7. The van der Waals surface area contributed by atoms with Crippen LogP contribution in [0.1, 0.15) is 25.0 Å². The Morgan fingerprint density at radius 3 is 1.70 bits per heavy atom. The minimum atomic E-state index is -0.240. The van der Waals surface area contributed by atoms with Gasteiger partial charge in [-0.25, -0.2) is 9.97 Å². The van der Waals surface area contributed by atoms with Crippen LogP contribution in [0.15, 0.2) is 164 Å². The van der Waals surface area contributed by atoms with Crippen LogP contribution in [-0.4, -0.2) is 14.5 Å². The Morgan fingerprint density at radius 2 is 1.02 bits per heavy atom. The topological polar surface area (TPSA) is 30.7 Å².